The third-order valence-corrected chi connectivity index (χ3v) is 3.96. The highest BCUT2D eigenvalue weighted by Crippen LogP contribution is 2.39. The third kappa shape index (κ3) is 2.87. The van der Waals surface area contributed by atoms with Crippen LogP contribution in [0.1, 0.15) is 31.2 Å². The Balaban J connectivity index is 1.92. The summed E-state index contributed by atoms with van der Waals surface area (Å²) < 4.78 is 7.55. The standard InChI is InChI=1S/C13H23N3O/c1-14-12(7-11-9-15-16(2)10-11)8-13(17-3)5-4-6-13/h9-10,12,14H,4-8H2,1-3H3. The number of hydrogen-bond acceptors (Lipinski definition) is 3. The first-order valence-corrected chi connectivity index (χ1v) is 6.37. The number of methoxy groups -OCH3 is 1. The minimum atomic E-state index is 0.135. The quantitative estimate of drug-likeness (QED) is 0.815. The molecule has 1 fully saturated rings. The van der Waals surface area contributed by atoms with Crippen molar-refractivity contribution in [3.8, 4) is 0 Å². The zero-order valence-electron chi connectivity index (χ0n) is 11.1. The molecule has 1 atom stereocenters. The van der Waals surface area contributed by atoms with Gasteiger partial charge in [-0.05, 0) is 44.7 Å². The number of aryl methyl sites for hydroxylation is 1. The highest BCUT2D eigenvalue weighted by atomic mass is 16.5. The Hall–Kier alpha value is -0.870. The highest BCUT2D eigenvalue weighted by Gasteiger charge is 2.38. The Morgan fingerprint density at radius 1 is 1.59 bits per heavy atom. The van der Waals surface area contributed by atoms with Gasteiger partial charge in [0.05, 0.1) is 11.8 Å². The van der Waals surface area contributed by atoms with Gasteiger partial charge < -0.3 is 10.1 Å². The molecule has 4 heteroatoms. The third-order valence-electron chi connectivity index (χ3n) is 3.96. The maximum Gasteiger partial charge on any atom is 0.0693 e. The van der Waals surface area contributed by atoms with Gasteiger partial charge in [-0.1, -0.05) is 0 Å². The van der Waals surface area contributed by atoms with Crippen LogP contribution in [0.3, 0.4) is 0 Å². The van der Waals surface area contributed by atoms with Crippen LogP contribution < -0.4 is 5.32 Å². The summed E-state index contributed by atoms with van der Waals surface area (Å²) in [7, 11) is 5.83. The molecule has 0 radical (unpaired) electrons. The molecule has 96 valence electrons. The van der Waals surface area contributed by atoms with Crippen LogP contribution >= 0.6 is 0 Å². The summed E-state index contributed by atoms with van der Waals surface area (Å²) in [5.41, 5.74) is 1.42. The molecule has 1 aliphatic rings. The average Bonchev–Trinajstić information content (AvgIpc) is 2.67. The number of nitrogens with one attached hydrogen (secondary N) is 1. The van der Waals surface area contributed by atoms with Gasteiger partial charge in [0.1, 0.15) is 0 Å². The summed E-state index contributed by atoms with van der Waals surface area (Å²) in [5, 5.41) is 7.61. The Kier molecular flexibility index (Phi) is 3.84. The SMILES string of the molecule is CNC(Cc1cnn(C)c1)CC1(OC)CCC1. The van der Waals surface area contributed by atoms with E-state index in [9.17, 15) is 0 Å². The predicted octanol–water partition coefficient (Wildman–Crippen LogP) is 1.51. The normalized spacial score (nSPS) is 19.9. The minimum Gasteiger partial charge on any atom is -0.378 e. The van der Waals surface area contributed by atoms with E-state index in [1.165, 1.54) is 24.8 Å². The smallest absolute Gasteiger partial charge is 0.0693 e. The second-order valence-corrected chi connectivity index (χ2v) is 5.16. The van der Waals surface area contributed by atoms with Crippen molar-refractivity contribution < 1.29 is 4.74 Å². The molecule has 1 aliphatic carbocycles. The van der Waals surface area contributed by atoms with Crippen LogP contribution in [-0.4, -0.2) is 35.6 Å². The number of likely N-dealkylation sites (N-methyl/N-ethyl adjacent to an activating group) is 1. The maximum absolute atomic E-state index is 5.69. The molecule has 0 amide bonds. The molecule has 0 spiro atoms. The first kappa shape index (κ1) is 12.6. The lowest BCUT2D eigenvalue weighted by Gasteiger charge is -2.42. The lowest BCUT2D eigenvalue weighted by Crippen LogP contribution is -2.45. The molecular weight excluding hydrogens is 214 g/mol. The average molecular weight is 237 g/mol. The molecule has 2 rings (SSSR count). The van der Waals surface area contributed by atoms with Crippen molar-refractivity contribution in [2.45, 2.75) is 43.7 Å². The zero-order valence-corrected chi connectivity index (χ0v) is 11.1. The van der Waals surface area contributed by atoms with Gasteiger partial charge in [-0.25, -0.2) is 0 Å². The molecule has 0 bridgehead atoms. The molecule has 4 nitrogen and oxygen atoms in total. The lowest BCUT2D eigenvalue weighted by molar-refractivity contribution is -0.0830. The van der Waals surface area contributed by atoms with Gasteiger partial charge in [-0.3, -0.25) is 4.68 Å². The fourth-order valence-electron chi connectivity index (χ4n) is 2.65. The molecule has 0 aromatic carbocycles. The molecule has 1 heterocycles. The second kappa shape index (κ2) is 5.19. The fraction of sp³-hybridized carbons (Fsp3) is 0.769. The largest absolute Gasteiger partial charge is 0.378 e. The van der Waals surface area contributed by atoms with Crippen LogP contribution in [-0.2, 0) is 18.2 Å². The van der Waals surface area contributed by atoms with E-state index in [1.54, 1.807) is 0 Å². The van der Waals surface area contributed by atoms with Gasteiger partial charge in [0.25, 0.3) is 0 Å². The van der Waals surface area contributed by atoms with Crippen molar-refractivity contribution in [3.63, 3.8) is 0 Å². The van der Waals surface area contributed by atoms with Crippen molar-refractivity contribution in [1.82, 2.24) is 15.1 Å². The van der Waals surface area contributed by atoms with Crippen molar-refractivity contribution >= 4 is 0 Å². The number of nitrogens with zero attached hydrogens (tertiary/aromatic N) is 2. The van der Waals surface area contributed by atoms with E-state index in [4.69, 9.17) is 4.74 Å². The van der Waals surface area contributed by atoms with E-state index in [-0.39, 0.29) is 5.60 Å². The van der Waals surface area contributed by atoms with Gasteiger partial charge in [0.2, 0.25) is 0 Å². The van der Waals surface area contributed by atoms with Crippen LogP contribution in [0.4, 0.5) is 0 Å². The van der Waals surface area contributed by atoms with Crippen LogP contribution in [0.5, 0.6) is 0 Å². The number of ether oxygens (including phenoxy) is 1. The maximum atomic E-state index is 5.69. The first-order chi connectivity index (χ1) is 8.17. The van der Waals surface area contributed by atoms with Gasteiger partial charge >= 0.3 is 0 Å². The van der Waals surface area contributed by atoms with Crippen LogP contribution in [0.2, 0.25) is 0 Å². The van der Waals surface area contributed by atoms with E-state index >= 15 is 0 Å². The number of rotatable bonds is 6. The zero-order chi connectivity index (χ0) is 12.3. The monoisotopic (exact) mass is 237 g/mol. The van der Waals surface area contributed by atoms with Crippen LogP contribution in [0.15, 0.2) is 12.4 Å². The summed E-state index contributed by atoms with van der Waals surface area (Å²) in [5.74, 6) is 0. The van der Waals surface area contributed by atoms with E-state index in [2.05, 4.69) is 16.6 Å². The van der Waals surface area contributed by atoms with Gasteiger partial charge in [-0.2, -0.15) is 5.10 Å². The van der Waals surface area contributed by atoms with E-state index in [0.717, 1.165) is 12.8 Å². The second-order valence-electron chi connectivity index (χ2n) is 5.16. The van der Waals surface area contributed by atoms with E-state index < -0.39 is 0 Å². The van der Waals surface area contributed by atoms with Crippen molar-refractivity contribution in [2.75, 3.05) is 14.2 Å². The molecule has 1 unspecified atom stereocenters. The molecule has 1 N–H and O–H groups in total. The summed E-state index contributed by atoms with van der Waals surface area (Å²) >= 11 is 0. The Bertz CT molecular complexity index is 352. The van der Waals surface area contributed by atoms with Crippen molar-refractivity contribution in [3.05, 3.63) is 18.0 Å². The molecule has 1 saturated carbocycles. The van der Waals surface area contributed by atoms with Crippen LogP contribution in [0.25, 0.3) is 0 Å². The van der Waals surface area contributed by atoms with E-state index in [1.807, 2.05) is 32.1 Å². The number of aromatic nitrogens is 2. The van der Waals surface area contributed by atoms with Crippen molar-refractivity contribution in [2.24, 2.45) is 7.05 Å². The van der Waals surface area contributed by atoms with Gasteiger partial charge in [0, 0.05) is 26.4 Å². The molecule has 17 heavy (non-hydrogen) atoms. The Morgan fingerprint density at radius 2 is 2.35 bits per heavy atom. The topological polar surface area (TPSA) is 39.1 Å². The highest BCUT2D eigenvalue weighted by molar-refractivity contribution is 5.07. The first-order valence-electron chi connectivity index (χ1n) is 6.37. The van der Waals surface area contributed by atoms with E-state index in [0.29, 0.717) is 6.04 Å². The van der Waals surface area contributed by atoms with Gasteiger partial charge in [-0.15, -0.1) is 0 Å². The molecule has 1 aromatic rings. The van der Waals surface area contributed by atoms with Gasteiger partial charge in [0.15, 0.2) is 0 Å². The lowest BCUT2D eigenvalue weighted by atomic mass is 9.75. The summed E-state index contributed by atoms with van der Waals surface area (Å²) in [4.78, 5) is 0. The molecule has 1 aromatic heterocycles. The summed E-state index contributed by atoms with van der Waals surface area (Å²) in [6.45, 7) is 0. The van der Waals surface area contributed by atoms with Crippen LogP contribution in [0, 0.1) is 0 Å². The summed E-state index contributed by atoms with van der Waals surface area (Å²) in [6.07, 6.45) is 9.86. The van der Waals surface area contributed by atoms with Crippen molar-refractivity contribution in [1.29, 1.82) is 0 Å². The molecule has 0 saturated heterocycles. The minimum absolute atomic E-state index is 0.135. The molecule has 0 aliphatic heterocycles. The molecular formula is C13H23N3O. The number of hydrogen-bond donors (Lipinski definition) is 1. The fourth-order valence-corrected chi connectivity index (χ4v) is 2.65. The Labute approximate surface area is 103 Å². The Morgan fingerprint density at radius 3 is 2.76 bits per heavy atom. The predicted molar refractivity (Wildman–Crippen MR) is 68.0 cm³/mol. The summed E-state index contributed by atoms with van der Waals surface area (Å²) in [6, 6.07) is 0.472.